The van der Waals surface area contributed by atoms with Gasteiger partial charge >= 0.3 is 5.97 Å². The molecule has 0 aliphatic carbocycles. The summed E-state index contributed by atoms with van der Waals surface area (Å²) in [5.41, 5.74) is 0. The van der Waals surface area contributed by atoms with Gasteiger partial charge in [0.05, 0.1) is 31.6 Å². The fraction of sp³-hybridized carbons (Fsp3) is 0.562. The van der Waals surface area contributed by atoms with Crippen LogP contribution in [-0.2, 0) is 19.6 Å². The summed E-state index contributed by atoms with van der Waals surface area (Å²) in [6.45, 7) is 2.54. The largest absolute Gasteiger partial charge is 0.493 e. The Morgan fingerprint density at radius 2 is 1.96 bits per heavy atom. The first kappa shape index (κ1) is 18.5. The molecule has 1 aliphatic rings. The van der Waals surface area contributed by atoms with Crippen molar-refractivity contribution in [3.8, 4) is 11.5 Å². The highest BCUT2D eigenvalue weighted by molar-refractivity contribution is 7.89. The summed E-state index contributed by atoms with van der Waals surface area (Å²) >= 11 is 0. The zero-order valence-electron chi connectivity index (χ0n) is 14.1. The number of ether oxygens (including phenoxy) is 3. The molecule has 0 saturated carbocycles. The first-order valence-electron chi connectivity index (χ1n) is 7.82. The third kappa shape index (κ3) is 3.81. The van der Waals surface area contributed by atoms with E-state index in [0.717, 1.165) is 0 Å². The zero-order valence-corrected chi connectivity index (χ0v) is 15.0. The predicted octanol–water partition coefficient (Wildman–Crippen LogP) is 1.67. The maximum atomic E-state index is 12.9. The maximum absolute atomic E-state index is 12.9. The van der Waals surface area contributed by atoms with Crippen molar-refractivity contribution < 1.29 is 27.4 Å². The highest BCUT2D eigenvalue weighted by Gasteiger charge is 2.34. The number of hydrogen-bond donors (Lipinski definition) is 0. The lowest BCUT2D eigenvalue weighted by atomic mass is 10.0. The predicted molar refractivity (Wildman–Crippen MR) is 87.7 cm³/mol. The Balaban J connectivity index is 2.25. The van der Waals surface area contributed by atoms with Crippen LogP contribution in [0.15, 0.2) is 23.1 Å². The quantitative estimate of drug-likeness (QED) is 0.720. The second-order valence-electron chi connectivity index (χ2n) is 5.47. The summed E-state index contributed by atoms with van der Waals surface area (Å²) < 4.78 is 42.4. The lowest BCUT2D eigenvalue weighted by Crippen LogP contribution is -2.42. The van der Waals surface area contributed by atoms with Crippen LogP contribution in [0.3, 0.4) is 0 Å². The molecule has 0 unspecified atom stereocenters. The zero-order chi connectivity index (χ0) is 17.7. The van der Waals surface area contributed by atoms with E-state index >= 15 is 0 Å². The van der Waals surface area contributed by atoms with Crippen LogP contribution in [0.25, 0.3) is 0 Å². The summed E-state index contributed by atoms with van der Waals surface area (Å²) in [5, 5.41) is 0. The van der Waals surface area contributed by atoms with E-state index in [1.807, 2.05) is 0 Å². The van der Waals surface area contributed by atoms with E-state index in [0.29, 0.717) is 30.9 Å². The van der Waals surface area contributed by atoms with Gasteiger partial charge in [0.2, 0.25) is 10.0 Å². The van der Waals surface area contributed by atoms with Crippen molar-refractivity contribution in [1.29, 1.82) is 0 Å². The minimum Gasteiger partial charge on any atom is -0.493 e. The fourth-order valence-electron chi connectivity index (χ4n) is 2.74. The summed E-state index contributed by atoms with van der Waals surface area (Å²) in [6, 6.07) is 4.46. The van der Waals surface area contributed by atoms with Crippen LogP contribution in [0.4, 0.5) is 0 Å². The van der Waals surface area contributed by atoms with E-state index < -0.39 is 15.9 Å². The van der Waals surface area contributed by atoms with Crippen molar-refractivity contribution >= 4 is 16.0 Å². The van der Waals surface area contributed by atoms with Crippen molar-refractivity contribution in [2.24, 2.45) is 5.92 Å². The number of esters is 1. The van der Waals surface area contributed by atoms with Gasteiger partial charge in [-0.3, -0.25) is 4.79 Å². The molecule has 1 heterocycles. The van der Waals surface area contributed by atoms with Crippen LogP contribution in [0.2, 0.25) is 0 Å². The number of rotatable bonds is 6. The Hall–Kier alpha value is -1.80. The van der Waals surface area contributed by atoms with E-state index in [1.165, 1.54) is 30.7 Å². The summed E-state index contributed by atoms with van der Waals surface area (Å²) in [5.74, 6) is 0.0374. The lowest BCUT2D eigenvalue weighted by molar-refractivity contribution is -0.149. The Morgan fingerprint density at radius 1 is 1.25 bits per heavy atom. The molecule has 7 nitrogen and oxygen atoms in total. The van der Waals surface area contributed by atoms with E-state index in [2.05, 4.69) is 0 Å². The molecule has 1 aliphatic heterocycles. The maximum Gasteiger partial charge on any atom is 0.310 e. The van der Waals surface area contributed by atoms with E-state index in [-0.39, 0.29) is 24.0 Å². The first-order chi connectivity index (χ1) is 11.4. The molecule has 1 aromatic carbocycles. The van der Waals surface area contributed by atoms with Crippen molar-refractivity contribution in [3.05, 3.63) is 18.2 Å². The molecule has 1 aromatic rings. The molecule has 1 saturated heterocycles. The Kier molecular flexibility index (Phi) is 6.06. The van der Waals surface area contributed by atoms with Gasteiger partial charge in [-0.2, -0.15) is 4.31 Å². The third-order valence-corrected chi connectivity index (χ3v) is 5.86. The van der Waals surface area contributed by atoms with Gasteiger partial charge in [-0.1, -0.05) is 0 Å². The molecule has 0 radical (unpaired) electrons. The molecule has 8 heteroatoms. The van der Waals surface area contributed by atoms with Crippen molar-refractivity contribution in [2.45, 2.75) is 24.7 Å². The number of sulfonamides is 1. The highest BCUT2D eigenvalue weighted by atomic mass is 32.2. The van der Waals surface area contributed by atoms with Gasteiger partial charge in [0, 0.05) is 19.2 Å². The van der Waals surface area contributed by atoms with Gasteiger partial charge in [-0.25, -0.2) is 8.42 Å². The van der Waals surface area contributed by atoms with E-state index in [1.54, 1.807) is 13.0 Å². The van der Waals surface area contributed by atoms with Gasteiger partial charge in [0.25, 0.3) is 0 Å². The average Bonchev–Trinajstić information content (AvgIpc) is 2.61. The summed E-state index contributed by atoms with van der Waals surface area (Å²) in [6.07, 6.45) is 1.26. The number of methoxy groups -OCH3 is 2. The minimum absolute atomic E-state index is 0.115. The molecular weight excluding hydrogens is 334 g/mol. The standard InChI is InChI=1S/C16H23NO6S/c1-4-23-16(18)12-6-5-9-17(11-12)24(19,20)13-7-8-14(21-2)15(10-13)22-3/h7-8,10,12H,4-6,9,11H2,1-3H3/t12-/m0/s1. The molecular formula is C16H23NO6S. The number of carbonyl (C=O) groups is 1. The van der Waals surface area contributed by atoms with E-state index in [4.69, 9.17) is 14.2 Å². The van der Waals surface area contributed by atoms with Crippen LogP contribution >= 0.6 is 0 Å². The normalized spacial score (nSPS) is 18.9. The molecule has 2 rings (SSSR count). The topological polar surface area (TPSA) is 82.1 Å². The first-order valence-corrected chi connectivity index (χ1v) is 9.26. The SMILES string of the molecule is CCOC(=O)[C@H]1CCCN(S(=O)(=O)c2ccc(OC)c(OC)c2)C1. The van der Waals surface area contributed by atoms with Gasteiger partial charge < -0.3 is 14.2 Å². The van der Waals surface area contributed by atoms with Crippen molar-refractivity contribution in [2.75, 3.05) is 33.9 Å². The second-order valence-corrected chi connectivity index (χ2v) is 7.41. The third-order valence-electron chi connectivity index (χ3n) is 4.00. The van der Waals surface area contributed by atoms with Crippen LogP contribution < -0.4 is 9.47 Å². The minimum atomic E-state index is -3.71. The van der Waals surface area contributed by atoms with Gasteiger partial charge in [0.1, 0.15) is 0 Å². The number of benzene rings is 1. The number of nitrogens with zero attached hydrogens (tertiary/aromatic N) is 1. The molecule has 134 valence electrons. The molecule has 1 fully saturated rings. The highest BCUT2D eigenvalue weighted by Crippen LogP contribution is 2.32. The molecule has 0 amide bonds. The number of hydrogen-bond acceptors (Lipinski definition) is 6. The summed E-state index contributed by atoms with van der Waals surface area (Å²) in [4.78, 5) is 12.0. The average molecular weight is 357 g/mol. The Morgan fingerprint density at radius 3 is 2.58 bits per heavy atom. The summed E-state index contributed by atoms with van der Waals surface area (Å²) in [7, 11) is -0.774. The molecule has 0 bridgehead atoms. The monoisotopic (exact) mass is 357 g/mol. The van der Waals surface area contributed by atoms with Crippen LogP contribution in [0.5, 0.6) is 11.5 Å². The van der Waals surface area contributed by atoms with Gasteiger partial charge in [-0.05, 0) is 31.9 Å². The Bertz CT molecular complexity index is 688. The van der Waals surface area contributed by atoms with Crippen molar-refractivity contribution in [1.82, 2.24) is 4.31 Å². The van der Waals surface area contributed by atoms with E-state index in [9.17, 15) is 13.2 Å². The van der Waals surface area contributed by atoms with Gasteiger partial charge in [-0.15, -0.1) is 0 Å². The molecule has 0 N–H and O–H groups in total. The lowest BCUT2D eigenvalue weighted by Gasteiger charge is -2.30. The fourth-order valence-corrected chi connectivity index (χ4v) is 4.28. The molecule has 24 heavy (non-hydrogen) atoms. The van der Waals surface area contributed by atoms with Crippen LogP contribution in [0, 0.1) is 5.92 Å². The van der Waals surface area contributed by atoms with Crippen molar-refractivity contribution in [3.63, 3.8) is 0 Å². The van der Waals surface area contributed by atoms with Crippen LogP contribution in [-0.4, -0.2) is 52.6 Å². The Labute approximate surface area is 142 Å². The molecule has 0 spiro atoms. The van der Waals surface area contributed by atoms with Gasteiger partial charge in [0.15, 0.2) is 11.5 Å². The smallest absolute Gasteiger partial charge is 0.310 e. The molecule has 1 atom stereocenters. The number of carbonyl (C=O) groups excluding carboxylic acids is 1. The second kappa shape index (κ2) is 7.85. The number of piperidine rings is 1. The molecule has 0 aromatic heterocycles. The van der Waals surface area contributed by atoms with Crippen LogP contribution in [0.1, 0.15) is 19.8 Å².